The van der Waals surface area contributed by atoms with Crippen LogP contribution in [0.15, 0.2) is 72.8 Å². The molecule has 0 unspecified atom stereocenters. The highest BCUT2D eigenvalue weighted by Crippen LogP contribution is 2.28. The second-order valence-electron chi connectivity index (χ2n) is 5.00. The van der Waals surface area contributed by atoms with Crippen LogP contribution in [0.25, 0.3) is 11.1 Å². The minimum atomic E-state index is -0.248. The van der Waals surface area contributed by atoms with E-state index in [-0.39, 0.29) is 5.82 Å². The van der Waals surface area contributed by atoms with Crippen molar-refractivity contribution in [1.29, 1.82) is 0 Å². The zero-order chi connectivity index (χ0) is 14.7. The van der Waals surface area contributed by atoms with Gasteiger partial charge in [-0.15, -0.1) is 0 Å². The smallest absolute Gasteiger partial charge is 0.146 e. The van der Waals surface area contributed by atoms with Crippen molar-refractivity contribution in [2.45, 2.75) is 6.92 Å². The molecule has 0 aromatic heterocycles. The summed E-state index contributed by atoms with van der Waals surface area (Å²) in [6.07, 6.45) is 0. The lowest BCUT2D eigenvalue weighted by molar-refractivity contribution is 0.632. The topological polar surface area (TPSA) is 12.0 Å². The largest absolute Gasteiger partial charge is 0.353 e. The molecule has 0 aliphatic carbocycles. The van der Waals surface area contributed by atoms with Gasteiger partial charge in [0.1, 0.15) is 5.82 Å². The summed E-state index contributed by atoms with van der Waals surface area (Å²) in [5.74, 6) is -0.248. The average molecular weight is 277 g/mol. The Labute approximate surface area is 124 Å². The van der Waals surface area contributed by atoms with Crippen molar-refractivity contribution < 1.29 is 4.39 Å². The molecule has 0 aliphatic rings. The van der Waals surface area contributed by atoms with Crippen LogP contribution in [0.1, 0.15) is 5.56 Å². The highest BCUT2D eigenvalue weighted by molar-refractivity contribution is 5.73. The van der Waals surface area contributed by atoms with Crippen LogP contribution >= 0.6 is 0 Å². The lowest BCUT2D eigenvalue weighted by Gasteiger charge is -2.12. The van der Waals surface area contributed by atoms with Crippen LogP contribution in [0.4, 0.5) is 15.8 Å². The van der Waals surface area contributed by atoms with E-state index in [1.54, 1.807) is 12.1 Å². The molecule has 0 atom stereocenters. The number of hydrogen-bond acceptors (Lipinski definition) is 1. The zero-order valence-electron chi connectivity index (χ0n) is 11.8. The molecule has 0 radical (unpaired) electrons. The molecule has 1 nitrogen and oxygen atoms in total. The number of benzene rings is 3. The second-order valence-corrected chi connectivity index (χ2v) is 5.00. The average Bonchev–Trinajstić information content (AvgIpc) is 2.52. The Morgan fingerprint density at radius 2 is 1.43 bits per heavy atom. The third kappa shape index (κ3) is 2.95. The van der Waals surface area contributed by atoms with Crippen LogP contribution < -0.4 is 5.32 Å². The third-order valence-electron chi connectivity index (χ3n) is 3.49. The summed E-state index contributed by atoms with van der Waals surface area (Å²) in [5, 5.41) is 3.18. The van der Waals surface area contributed by atoms with E-state index < -0.39 is 0 Å². The summed E-state index contributed by atoms with van der Waals surface area (Å²) < 4.78 is 13.8. The summed E-state index contributed by atoms with van der Waals surface area (Å²) in [6.45, 7) is 2.01. The second kappa shape index (κ2) is 5.80. The van der Waals surface area contributed by atoms with Gasteiger partial charge in [-0.3, -0.25) is 0 Å². The molecule has 3 rings (SSSR count). The van der Waals surface area contributed by atoms with E-state index in [0.717, 1.165) is 22.4 Å². The normalized spacial score (nSPS) is 10.4. The number of aryl methyl sites for hydroxylation is 1. The van der Waals surface area contributed by atoms with Gasteiger partial charge in [-0.2, -0.15) is 0 Å². The standard InChI is InChI=1S/C19H16FN/c1-14-11-12-16(15-7-3-2-4-8-15)13-19(14)21-18-10-6-5-9-17(18)20/h2-13,21H,1H3. The molecule has 0 bridgehead atoms. The van der Waals surface area contributed by atoms with Crippen LogP contribution in [0, 0.1) is 12.7 Å². The Kier molecular flexibility index (Phi) is 3.69. The van der Waals surface area contributed by atoms with Crippen LogP contribution in [-0.2, 0) is 0 Å². The number of para-hydroxylation sites is 1. The number of nitrogens with one attached hydrogen (secondary N) is 1. The molecule has 0 amide bonds. The maximum atomic E-state index is 13.8. The predicted octanol–water partition coefficient (Wildman–Crippen LogP) is 5.54. The molecule has 0 spiro atoms. The molecule has 0 saturated carbocycles. The molecule has 3 aromatic carbocycles. The van der Waals surface area contributed by atoms with Crippen molar-refractivity contribution >= 4 is 11.4 Å². The Balaban J connectivity index is 1.98. The van der Waals surface area contributed by atoms with Gasteiger partial charge in [0.15, 0.2) is 0 Å². The molecule has 0 fully saturated rings. The summed E-state index contributed by atoms with van der Waals surface area (Å²) in [5.41, 5.74) is 4.75. The fraction of sp³-hybridized carbons (Fsp3) is 0.0526. The summed E-state index contributed by atoms with van der Waals surface area (Å²) in [4.78, 5) is 0. The van der Waals surface area contributed by atoms with E-state index in [1.165, 1.54) is 6.07 Å². The molecule has 0 saturated heterocycles. The van der Waals surface area contributed by atoms with Gasteiger partial charge in [0.05, 0.1) is 5.69 Å². The summed E-state index contributed by atoms with van der Waals surface area (Å²) in [7, 11) is 0. The Bertz CT molecular complexity index is 751. The highest BCUT2D eigenvalue weighted by atomic mass is 19.1. The monoisotopic (exact) mass is 277 g/mol. The predicted molar refractivity (Wildman–Crippen MR) is 86.3 cm³/mol. The SMILES string of the molecule is Cc1ccc(-c2ccccc2)cc1Nc1ccccc1F. The summed E-state index contributed by atoms with van der Waals surface area (Å²) in [6, 6.07) is 23.0. The van der Waals surface area contributed by atoms with Crippen LogP contribution in [0.2, 0.25) is 0 Å². The first-order valence-electron chi connectivity index (χ1n) is 6.92. The van der Waals surface area contributed by atoms with E-state index in [9.17, 15) is 4.39 Å². The van der Waals surface area contributed by atoms with E-state index >= 15 is 0 Å². The maximum Gasteiger partial charge on any atom is 0.146 e. The van der Waals surface area contributed by atoms with E-state index in [1.807, 2.05) is 37.3 Å². The zero-order valence-corrected chi connectivity index (χ0v) is 11.8. The number of anilines is 2. The molecular formula is C19H16FN. The fourth-order valence-electron chi connectivity index (χ4n) is 2.27. The van der Waals surface area contributed by atoms with Gasteiger partial charge in [0.25, 0.3) is 0 Å². The number of hydrogen-bond donors (Lipinski definition) is 1. The van der Waals surface area contributed by atoms with Gasteiger partial charge < -0.3 is 5.32 Å². The molecule has 104 valence electrons. The Morgan fingerprint density at radius 3 is 2.19 bits per heavy atom. The van der Waals surface area contributed by atoms with E-state index in [2.05, 4.69) is 29.6 Å². The van der Waals surface area contributed by atoms with Crippen LogP contribution in [-0.4, -0.2) is 0 Å². The lowest BCUT2D eigenvalue weighted by atomic mass is 10.0. The van der Waals surface area contributed by atoms with Gasteiger partial charge in [0, 0.05) is 5.69 Å². The highest BCUT2D eigenvalue weighted by Gasteiger charge is 2.05. The first-order valence-corrected chi connectivity index (χ1v) is 6.92. The molecule has 2 heteroatoms. The molecule has 1 N–H and O–H groups in total. The number of rotatable bonds is 3. The van der Waals surface area contributed by atoms with Crippen molar-refractivity contribution in [3.63, 3.8) is 0 Å². The lowest BCUT2D eigenvalue weighted by Crippen LogP contribution is -1.96. The van der Waals surface area contributed by atoms with Crippen molar-refractivity contribution in [2.75, 3.05) is 5.32 Å². The first-order chi connectivity index (χ1) is 10.2. The van der Waals surface area contributed by atoms with Crippen LogP contribution in [0.3, 0.4) is 0 Å². The minimum Gasteiger partial charge on any atom is -0.353 e. The minimum absolute atomic E-state index is 0.248. The third-order valence-corrected chi connectivity index (χ3v) is 3.49. The first kappa shape index (κ1) is 13.4. The Morgan fingerprint density at radius 1 is 0.714 bits per heavy atom. The Hall–Kier alpha value is -2.61. The maximum absolute atomic E-state index is 13.8. The molecular weight excluding hydrogens is 261 g/mol. The van der Waals surface area contributed by atoms with Gasteiger partial charge in [-0.05, 0) is 41.8 Å². The molecule has 21 heavy (non-hydrogen) atoms. The molecule has 0 heterocycles. The van der Waals surface area contributed by atoms with E-state index in [4.69, 9.17) is 0 Å². The fourth-order valence-corrected chi connectivity index (χ4v) is 2.27. The van der Waals surface area contributed by atoms with Gasteiger partial charge in [-0.1, -0.05) is 54.6 Å². The van der Waals surface area contributed by atoms with Crippen LogP contribution in [0.5, 0.6) is 0 Å². The van der Waals surface area contributed by atoms with Crippen molar-refractivity contribution in [3.05, 3.63) is 84.2 Å². The van der Waals surface area contributed by atoms with E-state index in [0.29, 0.717) is 5.69 Å². The van der Waals surface area contributed by atoms with Gasteiger partial charge >= 0.3 is 0 Å². The molecule has 0 aliphatic heterocycles. The van der Waals surface area contributed by atoms with Crippen molar-refractivity contribution in [1.82, 2.24) is 0 Å². The van der Waals surface area contributed by atoms with Crippen molar-refractivity contribution in [3.8, 4) is 11.1 Å². The summed E-state index contributed by atoms with van der Waals surface area (Å²) >= 11 is 0. The van der Waals surface area contributed by atoms with Gasteiger partial charge in [-0.25, -0.2) is 4.39 Å². The quantitative estimate of drug-likeness (QED) is 0.662. The van der Waals surface area contributed by atoms with Gasteiger partial charge in [0.2, 0.25) is 0 Å². The number of halogens is 1. The van der Waals surface area contributed by atoms with Crippen molar-refractivity contribution in [2.24, 2.45) is 0 Å². The molecule has 3 aromatic rings.